The molecule has 2 heteroatoms. The van der Waals surface area contributed by atoms with Crippen molar-refractivity contribution in [1.29, 1.82) is 0 Å². The molecule has 0 radical (unpaired) electrons. The van der Waals surface area contributed by atoms with Crippen molar-refractivity contribution in [2.75, 3.05) is 6.54 Å². The minimum absolute atomic E-state index is 0.622. The zero-order valence-corrected chi connectivity index (χ0v) is 12.8. The molecule has 1 aromatic carbocycles. The highest BCUT2D eigenvalue weighted by atomic mass is 79.9. The number of hydrogen-bond acceptors (Lipinski definition) is 1. The summed E-state index contributed by atoms with van der Waals surface area (Å²) >= 11 is 3.52. The molecule has 1 rings (SSSR count). The lowest BCUT2D eigenvalue weighted by Crippen LogP contribution is -2.28. The molecule has 0 fully saturated rings. The van der Waals surface area contributed by atoms with E-state index < -0.39 is 0 Å². The van der Waals surface area contributed by atoms with Gasteiger partial charge in [-0.25, -0.2) is 0 Å². The first-order valence-electron chi connectivity index (χ1n) is 6.59. The van der Waals surface area contributed by atoms with Crippen LogP contribution in [0.2, 0.25) is 0 Å². The molecule has 0 aromatic heterocycles. The molecule has 96 valence electrons. The monoisotopic (exact) mass is 297 g/mol. The Morgan fingerprint density at radius 1 is 1.29 bits per heavy atom. The highest BCUT2D eigenvalue weighted by molar-refractivity contribution is 9.10. The van der Waals surface area contributed by atoms with Crippen LogP contribution in [0.5, 0.6) is 0 Å². The number of halogens is 1. The van der Waals surface area contributed by atoms with Gasteiger partial charge < -0.3 is 5.32 Å². The number of rotatable bonds is 7. The molecule has 17 heavy (non-hydrogen) atoms. The fraction of sp³-hybridized carbons (Fsp3) is 0.600. The van der Waals surface area contributed by atoms with Gasteiger partial charge in [0, 0.05) is 10.5 Å². The largest absolute Gasteiger partial charge is 0.314 e. The molecule has 1 N–H and O–H groups in total. The lowest BCUT2D eigenvalue weighted by atomic mass is 9.95. The van der Waals surface area contributed by atoms with E-state index in [1.54, 1.807) is 0 Å². The van der Waals surface area contributed by atoms with Gasteiger partial charge >= 0.3 is 0 Å². The van der Waals surface area contributed by atoms with Gasteiger partial charge in [0.15, 0.2) is 0 Å². The van der Waals surface area contributed by atoms with E-state index >= 15 is 0 Å². The summed E-state index contributed by atoms with van der Waals surface area (Å²) in [5, 5.41) is 3.55. The van der Waals surface area contributed by atoms with E-state index in [2.05, 4.69) is 66.3 Å². The fourth-order valence-electron chi connectivity index (χ4n) is 2.23. The van der Waals surface area contributed by atoms with Crippen molar-refractivity contribution in [2.45, 2.75) is 46.1 Å². The van der Waals surface area contributed by atoms with Gasteiger partial charge in [-0.1, -0.05) is 41.9 Å². The molecule has 0 bridgehead atoms. The topological polar surface area (TPSA) is 12.0 Å². The van der Waals surface area contributed by atoms with E-state index in [4.69, 9.17) is 0 Å². The highest BCUT2D eigenvalue weighted by Gasteiger charge is 2.09. The molecular weight excluding hydrogens is 274 g/mol. The first-order chi connectivity index (χ1) is 8.11. The van der Waals surface area contributed by atoms with Crippen molar-refractivity contribution in [1.82, 2.24) is 5.32 Å². The lowest BCUT2D eigenvalue weighted by molar-refractivity contribution is 0.420. The van der Waals surface area contributed by atoms with Crippen LogP contribution in [0.4, 0.5) is 0 Å². The van der Waals surface area contributed by atoms with Crippen molar-refractivity contribution in [3.8, 4) is 0 Å². The summed E-state index contributed by atoms with van der Waals surface area (Å²) < 4.78 is 1.18. The minimum Gasteiger partial charge on any atom is -0.314 e. The second-order valence-electron chi connectivity index (χ2n) is 5.03. The van der Waals surface area contributed by atoms with E-state index in [1.807, 2.05) is 0 Å². The summed E-state index contributed by atoms with van der Waals surface area (Å²) in [4.78, 5) is 0. The highest BCUT2D eigenvalue weighted by Crippen LogP contribution is 2.17. The summed E-state index contributed by atoms with van der Waals surface area (Å²) in [6, 6.07) is 9.26. The van der Waals surface area contributed by atoms with Crippen molar-refractivity contribution < 1.29 is 0 Å². The van der Waals surface area contributed by atoms with Crippen LogP contribution in [0, 0.1) is 5.92 Å². The Morgan fingerprint density at radius 3 is 2.71 bits per heavy atom. The standard InChI is InChI=1S/C15H24BrN/c1-4-8-17-13(3)9-12(2)10-14-6-5-7-15(16)11-14/h5-7,11-13,17H,4,8-10H2,1-3H3. The summed E-state index contributed by atoms with van der Waals surface area (Å²) in [6.45, 7) is 7.97. The normalized spacial score (nSPS) is 14.6. The van der Waals surface area contributed by atoms with Gasteiger partial charge in [0.1, 0.15) is 0 Å². The van der Waals surface area contributed by atoms with E-state index in [1.165, 1.54) is 22.9 Å². The van der Waals surface area contributed by atoms with Crippen LogP contribution in [-0.4, -0.2) is 12.6 Å². The Hall–Kier alpha value is -0.340. The molecule has 2 atom stereocenters. The smallest absolute Gasteiger partial charge is 0.0177 e. The Balaban J connectivity index is 2.36. The van der Waals surface area contributed by atoms with Crippen LogP contribution in [0.3, 0.4) is 0 Å². The zero-order valence-electron chi connectivity index (χ0n) is 11.2. The Kier molecular flexibility index (Phi) is 6.83. The number of benzene rings is 1. The molecular formula is C15H24BrN. The van der Waals surface area contributed by atoms with E-state index in [0.29, 0.717) is 6.04 Å². The third-order valence-corrected chi connectivity index (χ3v) is 3.47. The molecule has 0 saturated heterocycles. The van der Waals surface area contributed by atoms with E-state index in [0.717, 1.165) is 18.9 Å². The van der Waals surface area contributed by atoms with Crippen molar-refractivity contribution >= 4 is 15.9 Å². The Labute approximate surface area is 114 Å². The first-order valence-corrected chi connectivity index (χ1v) is 7.39. The maximum atomic E-state index is 3.55. The van der Waals surface area contributed by atoms with Gasteiger partial charge in [-0.2, -0.15) is 0 Å². The summed E-state index contributed by atoms with van der Waals surface area (Å²) in [7, 11) is 0. The number of nitrogens with one attached hydrogen (secondary N) is 1. The quantitative estimate of drug-likeness (QED) is 0.786. The van der Waals surface area contributed by atoms with Crippen LogP contribution in [-0.2, 0) is 6.42 Å². The van der Waals surface area contributed by atoms with E-state index in [9.17, 15) is 0 Å². The molecule has 0 amide bonds. The van der Waals surface area contributed by atoms with Crippen LogP contribution in [0.25, 0.3) is 0 Å². The maximum absolute atomic E-state index is 3.55. The van der Waals surface area contributed by atoms with Crippen LogP contribution in [0.15, 0.2) is 28.7 Å². The van der Waals surface area contributed by atoms with Crippen LogP contribution < -0.4 is 5.32 Å². The summed E-state index contributed by atoms with van der Waals surface area (Å²) in [5.74, 6) is 0.726. The van der Waals surface area contributed by atoms with Crippen LogP contribution in [0.1, 0.15) is 39.2 Å². The van der Waals surface area contributed by atoms with Crippen LogP contribution >= 0.6 is 15.9 Å². The molecule has 0 aliphatic carbocycles. The summed E-state index contributed by atoms with van der Waals surface area (Å²) in [5.41, 5.74) is 1.43. The maximum Gasteiger partial charge on any atom is 0.0177 e. The van der Waals surface area contributed by atoms with Gasteiger partial charge in [-0.15, -0.1) is 0 Å². The molecule has 0 aliphatic heterocycles. The SMILES string of the molecule is CCCNC(C)CC(C)Cc1cccc(Br)c1. The predicted octanol–water partition coefficient (Wildman–Crippen LogP) is 4.41. The van der Waals surface area contributed by atoms with Gasteiger partial charge in [0.25, 0.3) is 0 Å². The number of hydrogen-bond donors (Lipinski definition) is 1. The average Bonchev–Trinajstić information content (AvgIpc) is 2.26. The minimum atomic E-state index is 0.622. The molecule has 1 nitrogen and oxygen atoms in total. The second-order valence-corrected chi connectivity index (χ2v) is 5.95. The molecule has 0 saturated carbocycles. The average molecular weight is 298 g/mol. The van der Waals surface area contributed by atoms with Gasteiger partial charge in [0.05, 0.1) is 0 Å². The first kappa shape index (κ1) is 14.7. The Bertz CT molecular complexity index is 324. The molecule has 2 unspecified atom stereocenters. The lowest BCUT2D eigenvalue weighted by Gasteiger charge is -2.18. The summed E-state index contributed by atoms with van der Waals surface area (Å²) in [6.07, 6.45) is 3.62. The molecule has 0 spiro atoms. The van der Waals surface area contributed by atoms with Crippen molar-refractivity contribution in [2.24, 2.45) is 5.92 Å². The van der Waals surface area contributed by atoms with Gasteiger partial charge in [-0.3, -0.25) is 0 Å². The van der Waals surface area contributed by atoms with Crippen molar-refractivity contribution in [3.63, 3.8) is 0 Å². The molecule has 0 heterocycles. The van der Waals surface area contributed by atoms with Gasteiger partial charge in [0.2, 0.25) is 0 Å². The second kappa shape index (κ2) is 7.88. The zero-order chi connectivity index (χ0) is 12.7. The fourth-order valence-corrected chi connectivity index (χ4v) is 2.67. The van der Waals surface area contributed by atoms with Gasteiger partial charge in [-0.05, 0) is 56.3 Å². The third kappa shape index (κ3) is 6.23. The Morgan fingerprint density at radius 2 is 2.06 bits per heavy atom. The van der Waals surface area contributed by atoms with E-state index in [-0.39, 0.29) is 0 Å². The predicted molar refractivity (Wildman–Crippen MR) is 79.4 cm³/mol. The molecule has 1 aromatic rings. The third-order valence-electron chi connectivity index (χ3n) is 2.97. The molecule has 0 aliphatic rings. The van der Waals surface area contributed by atoms with Crippen molar-refractivity contribution in [3.05, 3.63) is 34.3 Å².